The van der Waals surface area contributed by atoms with Crippen LogP contribution < -0.4 is 0 Å². The van der Waals surface area contributed by atoms with Crippen LogP contribution in [0.2, 0.25) is 0 Å². The number of carbonyl (C=O) groups excluding carboxylic acids is 1. The highest BCUT2D eigenvalue weighted by molar-refractivity contribution is 6.06. The number of hydrogen-bond donors (Lipinski definition) is 0. The molecule has 3 heterocycles. The summed E-state index contributed by atoms with van der Waals surface area (Å²) < 4.78 is 1.94. The molecule has 1 aliphatic heterocycles. The maximum atomic E-state index is 13.3. The number of aryl methyl sites for hydroxylation is 1. The minimum absolute atomic E-state index is 0.0503. The van der Waals surface area contributed by atoms with E-state index in [9.17, 15) is 4.79 Å². The van der Waals surface area contributed by atoms with Gasteiger partial charge in [0.1, 0.15) is 0 Å². The van der Waals surface area contributed by atoms with Gasteiger partial charge in [0.05, 0.1) is 17.9 Å². The maximum Gasteiger partial charge on any atom is 0.254 e. The molecule has 5 nitrogen and oxygen atoms in total. The van der Waals surface area contributed by atoms with Gasteiger partial charge in [0, 0.05) is 48.1 Å². The first-order chi connectivity index (χ1) is 13.7. The zero-order valence-electron chi connectivity index (χ0n) is 15.7. The highest BCUT2D eigenvalue weighted by Gasteiger charge is 2.28. The van der Waals surface area contributed by atoms with E-state index in [0.717, 1.165) is 34.1 Å². The highest BCUT2D eigenvalue weighted by atomic mass is 16.2. The Bertz CT molecular complexity index is 1170. The van der Waals surface area contributed by atoms with Crippen LogP contribution in [0, 0.1) is 0 Å². The van der Waals surface area contributed by atoms with Crippen molar-refractivity contribution in [2.24, 2.45) is 7.05 Å². The predicted octanol–water partition coefficient (Wildman–Crippen LogP) is 3.83. The molecule has 1 aliphatic rings. The molecule has 28 heavy (non-hydrogen) atoms. The molecule has 5 heteroatoms. The first-order valence-corrected chi connectivity index (χ1v) is 9.44. The summed E-state index contributed by atoms with van der Waals surface area (Å²) in [5.41, 5.74) is 5.28. The van der Waals surface area contributed by atoms with Gasteiger partial charge in [0.15, 0.2) is 0 Å². The summed E-state index contributed by atoms with van der Waals surface area (Å²) in [5, 5.41) is 6.65. The molecule has 0 atom stereocenters. The first kappa shape index (κ1) is 16.7. The van der Waals surface area contributed by atoms with E-state index in [1.807, 2.05) is 59.1 Å². The molecule has 0 unspecified atom stereocenters. The van der Waals surface area contributed by atoms with E-state index in [0.29, 0.717) is 13.1 Å². The topological polar surface area (TPSA) is 51.0 Å². The minimum Gasteiger partial charge on any atom is -0.332 e. The van der Waals surface area contributed by atoms with Crippen molar-refractivity contribution in [3.8, 4) is 11.3 Å². The summed E-state index contributed by atoms with van der Waals surface area (Å²) in [5.74, 6) is 0.0503. The van der Waals surface area contributed by atoms with Crippen molar-refractivity contribution in [2.45, 2.75) is 13.0 Å². The number of aromatic nitrogens is 3. The van der Waals surface area contributed by atoms with Gasteiger partial charge in [-0.3, -0.25) is 14.5 Å². The van der Waals surface area contributed by atoms with Gasteiger partial charge < -0.3 is 4.90 Å². The molecule has 2 aromatic carbocycles. The summed E-state index contributed by atoms with van der Waals surface area (Å²) in [6.07, 6.45) is 4.34. The fourth-order valence-electron chi connectivity index (χ4n) is 4.13. The Morgan fingerprint density at radius 2 is 1.89 bits per heavy atom. The molecule has 5 rings (SSSR count). The maximum absolute atomic E-state index is 13.3. The van der Waals surface area contributed by atoms with Crippen molar-refractivity contribution in [2.75, 3.05) is 6.54 Å². The molecule has 1 amide bonds. The normalized spacial score (nSPS) is 13.5. The Hall–Kier alpha value is -3.47. The highest BCUT2D eigenvalue weighted by Crippen LogP contribution is 2.30. The van der Waals surface area contributed by atoms with E-state index in [1.165, 1.54) is 11.1 Å². The van der Waals surface area contributed by atoms with Gasteiger partial charge in [-0.2, -0.15) is 5.10 Å². The minimum atomic E-state index is 0.0503. The van der Waals surface area contributed by atoms with Gasteiger partial charge in [-0.1, -0.05) is 42.5 Å². The third-order valence-corrected chi connectivity index (χ3v) is 5.45. The Morgan fingerprint density at radius 1 is 1.04 bits per heavy atom. The summed E-state index contributed by atoms with van der Waals surface area (Å²) in [7, 11) is 1.98. The number of fused-ring (bicyclic) bond motifs is 2. The van der Waals surface area contributed by atoms with Crippen LogP contribution in [0.1, 0.15) is 21.6 Å². The van der Waals surface area contributed by atoms with Gasteiger partial charge in [0.2, 0.25) is 0 Å². The zero-order chi connectivity index (χ0) is 19.1. The van der Waals surface area contributed by atoms with Crippen LogP contribution in [0.15, 0.2) is 67.0 Å². The molecular weight excluding hydrogens is 348 g/mol. The van der Waals surface area contributed by atoms with Gasteiger partial charge in [-0.25, -0.2) is 0 Å². The second-order valence-electron chi connectivity index (χ2n) is 7.14. The molecule has 0 saturated heterocycles. The fraction of sp³-hybridized carbons (Fsp3) is 0.174. The average molecular weight is 368 g/mol. The molecule has 4 aromatic rings. The second-order valence-corrected chi connectivity index (χ2v) is 7.14. The predicted molar refractivity (Wildman–Crippen MR) is 109 cm³/mol. The van der Waals surface area contributed by atoms with E-state index in [1.54, 1.807) is 12.4 Å². The van der Waals surface area contributed by atoms with Crippen LogP contribution in [0.3, 0.4) is 0 Å². The Labute approximate surface area is 163 Å². The van der Waals surface area contributed by atoms with E-state index in [2.05, 4.69) is 17.1 Å². The number of rotatable bonds is 2. The summed E-state index contributed by atoms with van der Waals surface area (Å²) >= 11 is 0. The summed E-state index contributed by atoms with van der Waals surface area (Å²) in [4.78, 5) is 19.3. The third kappa shape index (κ3) is 2.67. The number of carbonyl (C=O) groups is 1. The van der Waals surface area contributed by atoms with Crippen molar-refractivity contribution in [1.82, 2.24) is 19.7 Å². The lowest BCUT2D eigenvalue weighted by Crippen LogP contribution is -2.36. The lowest BCUT2D eigenvalue weighted by Gasteiger charge is -2.27. The molecule has 0 radical (unpaired) electrons. The molecule has 0 aliphatic carbocycles. The zero-order valence-corrected chi connectivity index (χ0v) is 15.7. The lowest BCUT2D eigenvalue weighted by atomic mass is 9.98. The van der Waals surface area contributed by atoms with Crippen LogP contribution in [0.5, 0.6) is 0 Å². The van der Waals surface area contributed by atoms with Crippen molar-refractivity contribution >= 4 is 16.7 Å². The van der Waals surface area contributed by atoms with Crippen molar-refractivity contribution in [1.29, 1.82) is 0 Å². The van der Waals surface area contributed by atoms with Gasteiger partial charge in [-0.15, -0.1) is 0 Å². The number of benzene rings is 2. The van der Waals surface area contributed by atoms with Crippen LogP contribution in [0.25, 0.3) is 22.0 Å². The van der Waals surface area contributed by atoms with E-state index in [-0.39, 0.29) is 5.91 Å². The molecule has 0 spiro atoms. The summed E-state index contributed by atoms with van der Waals surface area (Å²) in [6, 6.07) is 18.0. The van der Waals surface area contributed by atoms with Crippen molar-refractivity contribution < 1.29 is 4.79 Å². The number of hydrogen-bond acceptors (Lipinski definition) is 3. The van der Waals surface area contributed by atoms with E-state index >= 15 is 0 Å². The Balaban J connectivity index is 1.49. The van der Waals surface area contributed by atoms with Crippen molar-refractivity contribution in [3.05, 3.63) is 83.8 Å². The van der Waals surface area contributed by atoms with E-state index < -0.39 is 0 Å². The number of nitrogens with zero attached hydrogens (tertiary/aromatic N) is 4. The molecule has 0 fully saturated rings. The van der Waals surface area contributed by atoms with E-state index in [4.69, 9.17) is 5.10 Å². The third-order valence-electron chi connectivity index (χ3n) is 5.45. The smallest absolute Gasteiger partial charge is 0.254 e. The molecular formula is C23H20N4O. The number of amides is 1. The first-order valence-electron chi connectivity index (χ1n) is 9.44. The molecule has 0 bridgehead atoms. The molecule has 0 N–H and O–H groups in total. The SMILES string of the molecule is Cn1nc2c(c1-c1ccccc1)CCN(C(=O)c1cccc3cnccc13)C2. The quantitative estimate of drug-likeness (QED) is 0.540. The summed E-state index contributed by atoms with van der Waals surface area (Å²) in [6.45, 7) is 1.23. The largest absolute Gasteiger partial charge is 0.332 e. The average Bonchev–Trinajstić information content (AvgIpc) is 3.08. The molecule has 2 aromatic heterocycles. The van der Waals surface area contributed by atoms with Gasteiger partial charge >= 0.3 is 0 Å². The van der Waals surface area contributed by atoms with Crippen LogP contribution in [-0.4, -0.2) is 32.1 Å². The Kier molecular flexibility index (Phi) is 3.93. The Morgan fingerprint density at radius 3 is 2.75 bits per heavy atom. The number of pyridine rings is 1. The standard InChI is InChI=1S/C23H20N4O/c1-26-22(16-6-3-2-4-7-16)20-11-13-27(15-21(20)25-26)23(28)19-9-5-8-17-14-24-12-10-18(17)19/h2-10,12,14H,11,13,15H2,1H3. The monoisotopic (exact) mass is 368 g/mol. The fourth-order valence-corrected chi connectivity index (χ4v) is 4.13. The van der Waals surface area contributed by atoms with Crippen LogP contribution >= 0.6 is 0 Å². The van der Waals surface area contributed by atoms with Gasteiger partial charge in [-0.05, 0) is 23.9 Å². The van der Waals surface area contributed by atoms with Crippen LogP contribution in [0.4, 0.5) is 0 Å². The molecule has 0 saturated carbocycles. The lowest BCUT2D eigenvalue weighted by molar-refractivity contribution is 0.0734. The van der Waals surface area contributed by atoms with Gasteiger partial charge in [0.25, 0.3) is 5.91 Å². The second kappa shape index (κ2) is 6.60. The van der Waals surface area contributed by atoms with Crippen LogP contribution in [-0.2, 0) is 20.0 Å². The molecule has 138 valence electrons. The van der Waals surface area contributed by atoms with Crippen molar-refractivity contribution in [3.63, 3.8) is 0 Å².